The standard InChI is InChI=1S/C16H18F3N5O3/c1-8-20-14(27-23-8)12-7-26-5-4-24(12)15(25)9-2-3-11-10(6-9)13(22-21-11)16(17,18)19/h9,12H,2-7H2,1H3,(H,21,22). The molecule has 8 nitrogen and oxygen atoms in total. The molecule has 1 aliphatic heterocycles. The Morgan fingerprint density at radius 1 is 1.37 bits per heavy atom. The van der Waals surface area contributed by atoms with Crippen molar-refractivity contribution in [3.63, 3.8) is 0 Å². The van der Waals surface area contributed by atoms with E-state index in [0.717, 1.165) is 0 Å². The lowest BCUT2D eigenvalue weighted by Gasteiger charge is -2.36. The molecule has 0 bridgehead atoms. The molecule has 0 saturated carbocycles. The highest BCUT2D eigenvalue weighted by Gasteiger charge is 2.42. The van der Waals surface area contributed by atoms with E-state index in [1.807, 2.05) is 0 Å². The molecule has 1 aliphatic carbocycles. The Labute approximate surface area is 152 Å². The molecule has 2 aliphatic rings. The number of fused-ring (bicyclic) bond motifs is 1. The number of nitrogens with one attached hydrogen (secondary N) is 1. The molecule has 0 radical (unpaired) electrons. The van der Waals surface area contributed by atoms with Crippen molar-refractivity contribution in [2.45, 2.75) is 38.4 Å². The molecule has 2 unspecified atom stereocenters. The maximum absolute atomic E-state index is 13.2. The van der Waals surface area contributed by atoms with Gasteiger partial charge in [-0.15, -0.1) is 0 Å². The summed E-state index contributed by atoms with van der Waals surface area (Å²) in [5.41, 5.74) is -0.385. The molecule has 1 fully saturated rings. The number of amides is 1. The maximum Gasteiger partial charge on any atom is 0.435 e. The van der Waals surface area contributed by atoms with Gasteiger partial charge >= 0.3 is 6.18 Å². The molecule has 2 atom stereocenters. The van der Waals surface area contributed by atoms with Crippen molar-refractivity contribution in [3.05, 3.63) is 28.7 Å². The predicted octanol–water partition coefficient (Wildman–Crippen LogP) is 1.82. The minimum atomic E-state index is -4.54. The first kappa shape index (κ1) is 18.0. The lowest BCUT2D eigenvalue weighted by molar-refractivity contribution is -0.147. The zero-order valence-corrected chi connectivity index (χ0v) is 14.5. The van der Waals surface area contributed by atoms with Crippen molar-refractivity contribution in [1.82, 2.24) is 25.2 Å². The van der Waals surface area contributed by atoms with Crippen molar-refractivity contribution in [1.29, 1.82) is 0 Å². The van der Waals surface area contributed by atoms with Crippen LogP contribution in [0.1, 0.15) is 41.1 Å². The molecule has 1 N–H and O–H groups in total. The molecule has 11 heteroatoms. The molecule has 27 heavy (non-hydrogen) atoms. The summed E-state index contributed by atoms with van der Waals surface area (Å²) in [5, 5.41) is 9.62. The monoisotopic (exact) mass is 385 g/mol. The average molecular weight is 385 g/mol. The molecule has 1 amide bonds. The van der Waals surface area contributed by atoms with Crippen molar-refractivity contribution in [2.24, 2.45) is 5.92 Å². The topological polar surface area (TPSA) is 97.1 Å². The van der Waals surface area contributed by atoms with E-state index in [1.165, 1.54) is 0 Å². The number of nitrogens with zero attached hydrogens (tertiary/aromatic N) is 4. The summed E-state index contributed by atoms with van der Waals surface area (Å²) in [6.07, 6.45) is -3.73. The van der Waals surface area contributed by atoms with Crippen molar-refractivity contribution in [3.8, 4) is 0 Å². The molecule has 2 aromatic rings. The summed E-state index contributed by atoms with van der Waals surface area (Å²) in [4.78, 5) is 18.9. The number of carbonyl (C=O) groups is 1. The van der Waals surface area contributed by atoms with Gasteiger partial charge in [-0.2, -0.15) is 23.3 Å². The molecule has 4 rings (SSSR count). The Morgan fingerprint density at radius 3 is 2.89 bits per heavy atom. The molecule has 0 aromatic carbocycles. The van der Waals surface area contributed by atoms with Crippen LogP contribution < -0.4 is 0 Å². The van der Waals surface area contributed by atoms with E-state index >= 15 is 0 Å². The van der Waals surface area contributed by atoms with Crippen LogP contribution in [0.4, 0.5) is 13.2 Å². The molecular weight excluding hydrogens is 367 g/mol. The number of aromatic amines is 1. The zero-order chi connectivity index (χ0) is 19.2. The largest absolute Gasteiger partial charge is 0.435 e. The summed E-state index contributed by atoms with van der Waals surface area (Å²) >= 11 is 0. The van der Waals surface area contributed by atoms with Gasteiger partial charge < -0.3 is 14.2 Å². The van der Waals surface area contributed by atoms with Gasteiger partial charge in [0.05, 0.1) is 13.2 Å². The summed E-state index contributed by atoms with van der Waals surface area (Å²) in [7, 11) is 0. The first-order valence-corrected chi connectivity index (χ1v) is 8.66. The second-order valence-corrected chi connectivity index (χ2v) is 6.77. The number of hydrogen-bond acceptors (Lipinski definition) is 6. The highest BCUT2D eigenvalue weighted by atomic mass is 19.4. The fourth-order valence-corrected chi connectivity index (χ4v) is 3.70. The van der Waals surface area contributed by atoms with Crippen LogP contribution in [0.25, 0.3) is 0 Å². The van der Waals surface area contributed by atoms with Crippen LogP contribution in [0, 0.1) is 12.8 Å². The number of aromatic nitrogens is 4. The van der Waals surface area contributed by atoms with Gasteiger partial charge in [0.2, 0.25) is 5.91 Å². The Kier molecular flexibility index (Phi) is 4.41. The van der Waals surface area contributed by atoms with E-state index in [4.69, 9.17) is 9.26 Å². The Morgan fingerprint density at radius 2 is 2.19 bits per heavy atom. The number of alkyl halides is 3. The smallest absolute Gasteiger partial charge is 0.377 e. The molecule has 2 aromatic heterocycles. The number of rotatable bonds is 2. The Balaban J connectivity index is 1.56. The van der Waals surface area contributed by atoms with E-state index in [2.05, 4.69) is 20.3 Å². The number of morpholine rings is 1. The average Bonchev–Trinajstić information content (AvgIpc) is 3.26. The van der Waals surface area contributed by atoms with Gasteiger partial charge in [0, 0.05) is 23.7 Å². The minimum Gasteiger partial charge on any atom is -0.377 e. The SMILES string of the molecule is Cc1noc(C2COCCN2C(=O)C2CCc3[nH]nc(C(F)(F)F)c3C2)n1. The van der Waals surface area contributed by atoms with Gasteiger partial charge in [-0.05, 0) is 26.2 Å². The zero-order valence-electron chi connectivity index (χ0n) is 14.5. The van der Waals surface area contributed by atoms with Gasteiger partial charge in [-0.1, -0.05) is 5.16 Å². The quantitative estimate of drug-likeness (QED) is 0.847. The van der Waals surface area contributed by atoms with Crippen LogP contribution in [0.5, 0.6) is 0 Å². The highest BCUT2D eigenvalue weighted by molar-refractivity contribution is 5.80. The van der Waals surface area contributed by atoms with Crippen LogP contribution in [-0.2, 0) is 28.5 Å². The maximum atomic E-state index is 13.2. The number of ether oxygens (including phenoxy) is 1. The minimum absolute atomic E-state index is 0.00640. The van der Waals surface area contributed by atoms with E-state index < -0.39 is 23.8 Å². The lowest BCUT2D eigenvalue weighted by atomic mass is 9.85. The normalized spacial score (nSPS) is 23.3. The van der Waals surface area contributed by atoms with Gasteiger partial charge in [0.15, 0.2) is 11.5 Å². The van der Waals surface area contributed by atoms with Crippen LogP contribution in [-0.4, -0.2) is 50.9 Å². The predicted molar refractivity (Wildman–Crippen MR) is 83.4 cm³/mol. The number of hydrogen-bond donors (Lipinski definition) is 1. The Bertz CT molecular complexity index is 847. The molecule has 146 valence electrons. The first-order valence-electron chi connectivity index (χ1n) is 8.66. The van der Waals surface area contributed by atoms with Crippen LogP contribution in [0.2, 0.25) is 0 Å². The third-order valence-corrected chi connectivity index (χ3v) is 5.00. The first-order chi connectivity index (χ1) is 12.8. The fourth-order valence-electron chi connectivity index (χ4n) is 3.70. The fraction of sp³-hybridized carbons (Fsp3) is 0.625. The Hall–Kier alpha value is -2.43. The summed E-state index contributed by atoms with van der Waals surface area (Å²) in [6, 6.07) is -0.528. The molecule has 3 heterocycles. The third-order valence-electron chi connectivity index (χ3n) is 5.00. The molecule has 1 saturated heterocycles. The van der Waals surface area contributed by atoms with Crippen LogP contribution >= 0.6 is 0 Å². The summed E-state index contributed by atoms with van der Waals surface area (Å²) in [5.74, 6) is -0.0604. The van der Waals surface area contributed by atoms with E-state index in [9.17, 15) is 18.0 Å². The molecular formula is C16H18F3N5O3. The van der Waals surface area contributed by atoms with E-state index in [0.29, 0.717) is 37.5 Å². The number of halogens is 3. The van der Waals surface area contributed by atoms with Crippen LogP contribution in [0.15, 0.2) is 4.52 Å². The van der Waals surface area contributed by atoms with E-state index in [1.54, 1.807) is 11.8 Å². The van der Waals surface area contributed by atoms with Gasteiger partial charge in [-0.25, -0.2) is 0 Å². The van der Waals surface area contributed by atoms with Gasteiger partial charge in [0.1, 0.15) is 6.04 Å². The van der Waals surface area contributed by atoms with Crippen molar-refractivity contribution in [2.75, 3.05) is 19.8 Å². The number of carbonyl (C=O) groups excluding carboxylic acids is 1. The highest BCUT2D eigenvalue weighted by Crippen LogP contribution is 2.37. The second kappa shape index (κ2) is 6.63. The van der Waals surface area contributed by atoms with Crippen molar-refractivity contribution >= 4 is 5.91 Å². The summed E-state index contributed by atoms with van der Waals surface area (Å²) in [6.45, 7) is 2.56. The van der Waals surface area contributed by atoms with Crippen molar-refractivity contribution < 1.29 is 27.2 Å². The number of H-pyrrole nitrogens is 1. The van der Waals surface area contributed by atoms with Gasteiger partial charge in [-0.3, -0.25) is 9.89 Å². The van der Waals surface area contributed by atoms with Gasteiger partial charge in [0.25, 0.3) is 5.89 Å². The number of aryl methyl sites for hydroxylation is 2. The van der Waals surface area contributed by atoms with E-state index in [-0.39, 0.29) is 30.4 Å². The summed E-state index contributed by atoms with van der Waals surface area (Å²) < 4.78 is 50.1. The van der Waals surface area contributed by atoms with Crippen LogP contribution in [0.3, 0.4) is 0 Å². The molecule has 0 spiro atoms. The third kappa shape index (κ3) is 3.31. The lowest BCUT2D eigenvalue weighted by Crippen LogP contribution is -2.47. The second-order valence-electron chi connectivity index (χ2n) is 6.77.